The second-order valence-corrected chi connectivity index (χ2v) is 6.12. The second kappa shape index (κ2) is 7.64. The van der Waals surface area contributed by atoms with E-state index in [0.717, 1.165) is 35.9 Å². The van der Waals surface area contributed by atoms with Crippen LogP contribution in [0.2, 0.25) is 5.02 Å². The number of aliphatic imine (C=N–C) groups is 1. The van der Waals surface area contributed by atoms with Crippen molar-refractivity contribution in [3.63, 3.8) is 0 Å². The van der Waals surface area contributed by atoms with Crippen molar-refractivity contribution in [1.29, 1.82) is 0 Å². The van der Waals surface area contributed by atoms with Crippen LogP contribution in [-0.4, -0.2) is 42.1 Å². The van der Waals surface area contributed by atoms with Gasteiger partial charge in [-0.15, -0.1) is 0 Å². The molecule has 1 aromatic rings. The fourth-order valence-electron chi connectivity index (χ4n) is 2.01. The molecule has 0 unspecified atom stereocenters. The van der Waals surface area contributed by atoms with Gasteiger partial charge in [0.05, 0.1) is 13.2 Å². The standard InChI is InChI=1S/C14H20ClN3OS/c1-2-19-13-9-12(15)4-3-11(13)10-17-14(16)18-5-7-20-8-6-18/h3-4,9H,2,5-8,10H2,1H3,(H2,16,17). The molecule has 110 valence electrons. The van der Waals surface area contributed by atoms with Gasteiger partial charge in [0, 0.05) is 35.2 Å². The van der Waals surface area contributed by atoms with Gasteiger partial charge in [0.2, 0.25) is 0 Å². The highest BCUT2D eigenvalue weighted by Gasteiger charge is 2.12. The van der Waals surface area contributed by atoms with Crippen LogP contribution in [-0.2, 0) is 6.54 Å². The zero-order chi connectivity index (χ0) is 14.4. The minimum absolute atomic E-state index is 0.516. The lowest BCUT2D eigenvalue weighted by Gasteiger charge is -2.27. The highest BCUT2D eigenvalue weighted by molar-refractivity contribution is 7.99. The molecule has 0 aromatic heterocycles. The number of nitrogens with zero attached hydrogens (tertiary/aromatic N) is 2. The van der Waals surface area contributed by atoms with Gasteiger partial charge in [-0.3, -0.25) is 0 Å². The summed E-state index contributed by atoms with van der Waals surface area (Å²) in [7, 11) is 0. The molecule has 1 aliphatic rings. The summed E-state index contributed by atoms with van der Waals surface area (Å²) in [6.45, 7) is 5.02. The quantitative estimate of drug-likeness (QED) is 0.686. The molecule has 0 radical (unpaired) electrons. The number of ether oxygens (including phenoxy) is 1. The van der Waals surface area contributed by atoms with Crippen LogP contribution in [0.5, 0.6) is 5.75 Å². The monoisotopic (exact) mass is 313 g/mol. The molecule has 0 saturated carbocycles. The fraction of sp³-hybridized carbons (Fsp3) is 0.500. The summed E-state index contributed by atoms with van der Waals surface area (Å²) in [6, 6.07) is 5.61. The van der Waals surface area contributed by atoms with Crippen molar-refractivity contribution in [2.45, 2.75) is 13.5 Å². The second-order valence-electron chi connectivity index (χ2n) is 4.46. The average Bonchev–Trinajstić information content (AvgIpc) is 2.47. The van der Waals surface area contributed by atoms with Gasteiger partial charge in [-0.1, -0.05) is 17.7 Å². The lowest BCUT2D eigenvalue weighted by molar-refractivity contribution is 0.336. The van der Waals surface area contributed by atoms with E-state index in [0.29, 0.717) is 24.1 Å². The number of hydrogen-bond donors (Lipinski definition) is 1. The van der Waals surface area contributed by atoms with Crippen LogP contribution in [0, 0.1) is 0 Å². The largest absolute Gasteiger partial charge is 0.493 e. The van der Waals surface area contributed by atoms with E-state index in [1.54, 1.807) is 0 Å². The number of rotatable bonds is 4. The molecule has 20 heavy (non-hydrogen) atoms. The zero-order valence-corrected chi connectivity index (χ0v) is 13.2. The first kappa shape index (κ1) is 15.3. The molecule has 1 aliphatic heterocycles. The number of thioether (sulfide) groups is 1. The van der Waals surface area contributed by atoms with Crippen molar-refractivity contribution in [3.8, 4) is 5.75 Å². The third-order valence-electron chi connectivity index (χ3n) is 3.08. The van der Waals surface area contributed by atoms with Crippen LogP contribution >= 0.6 is 23.4 Å². The van der Waals surface area contributed by atoms with Gasteiger partial charge in [0.25, 0.3) is 0 Å². The van der Waals surface area contributed by atoms with Crippen LogP contribution in [0.1, 0.15) is 12.5 Å². The van der Waals surface area contributed by atoms with E-state index in [1.165, 1.54) is 0 Å². The number of guanidine groups is 1. The molecule has 0 atom stereocenters. The maximum absolute atomic E-state index is 6.05. The van der Waals surface area contributed by atoms with Gasteiger partial charge < -0.3 is 15.4 Å². The van der Waals surface area contributed by atoms with Gasteiger partial charge in [-0.25, -0.2) is 4.99 Å². The molecule has 0 spiro atoms. The number of hydrogen-bond acceptors (Lipinski definition) is 3. The first-order valence-corrected chi connectivity index (χ1v) is 8.28. The summed E-state index contributed by atoms with van der Waals surface area (Å²) in [5, 5.41) is 0.669. The molecule has 2 rings (SSSR count). The van der Waals surface area contributed by atoms with Gasteiger partial charge in [0.15, 0.2) is 5.96 Å². The Hall–Kier alpha value is -1.07. The topological polar surface area (TPSA) is 50.9 Å². The molecular weight excluding hydrogens is 294 g/mol. The predicted octanol–water partition coefficient (Wildman–Crippen LogP) is 2.60. The van der Waals surface area contributed by atoms with E-state index >= 15 is 0 Å². The van der Waals surface area contributed by atoms with E-state index in [9.17, 15) is 0 Å². The molecule has 0 aliphatic carbocycles. The minimum Gasteiger partial charge on any atom is -0.493 e. The summed E-state index contributed by atoms with van der Waals surface area (Å²) < 4.78 is 5.58. The number of nitrogens with two attached hydrogens (primary N) is 1. The molecule has 4 nitrogen and oxygen atoms in total. The normalized spacial score (nSPS) is 16.3. The van der Waals surface area contributed by atoms with E-state index in [2.05, 4.69) is 9.89 Å². The highest BCUT2D eigenvalue weighted by Crippen LogP contribution is 2.24. The Morgan fingerprint density at radius 3 is 2.90 bits per heavy atom. The van der Waals surface area contributed by atoms with Crippen LogP contribution in [0.15, 0.2) is 23.2 Å². The molecule has 0 amide bonds. The summed E-state index contributed by atoms with van der Waals surface area (Å²) in [5.41, 5.74) is 7.06. The van der Waals surface area contributed by atoms with Crippen molar-refractivity contribution in [1.82, 2.24) is 4.90 Å². The van der Waals surface area contributed by atoms with E-state index < -0.39 is 0 Å². The van der Waals surface area contributed by atoms with Gasteiger partial charge >= 0.3 is 0 Å². The van der Waals surface area contributed by atoms with Crippen molar-refractivity contribution in [2.75, 3.05) is 31.2 Å². The van der Waals surface area contributed by atoms with Crippen molar-refractivity contribution in [3.05, 3.63) is 28.8 Å². The molecule has 1 saturated heterocycles. The maximum Gasteiger partial charge on any atom is 0.191 e. The SMILES string of the molecule is CCOc1cc(Cl)ccc1CN=C(N)N1CCSCC1. The van der Waals surface area contributed by atoms with Gasteiger partial charge in [-0.05, 0) is 19.1 Å². The first-order chi connectivity index (χ1) is 9.70. The average molecular weight is 314 g/mol. The van der Waals surface area contributed by atoms with Crippen molar-refractivity contribution in [2.24, 2.45) is 10.7 Å². The Morgan fingerprint density at radius 2 is 2.20 bits per heavy atom. The summed E-state index contributed by atoms with van der Waals surface area (Å²) in [6.07, 6.45) is 0. The van der Waals surface area contributed by atoms with Crippen LogP contribution in [0.4, 0.5) is 0 Å². The Balaban J connectivity index is 2.05. The Morgan fingerprint density at radius 1 is 1.45 bits per heavy atom. The lowest BCUT2D eigenvalue weighted by atomic mass is 10.2. The maximum atomic E-state index is 6.05. The smallest absolute Gasteiger partial charge is 0.191 e. The van der Waals surface area contributed by atoms with E-state index in [4.69, 9.17) is 22.1 Å². The number of halogens is 1. The summed E-state index contributed by atoms with van der Waals surface area (Å²) in [4.78, 5) is 6.61. The third-order valence-corrected chi connectivity index (χ3v) is 4.25. The molecule has 0 bridgehead atoms. The minimum atomic E-state index is 0.516. The molecule has 6 heteroatoms. The predicted molar refractivity (Wildman–Crippen MR) is 86.8 cm³/mol. The summed E-state index contributed by atoms with van der Waals surface area (Å²) >= 11 is 7.94. The van der Waals surface area contributed by atoms with Gasteiger partial charge in [0.1, 0.15) is 5.75 Å². The van der Waals surface area contributed by atoms with E-state index in [-0.39, 0.29) is 0 Å². The van der Waals surface area contributed by atoms with Gasteiger partial charge in [-0.2, -0.15) is 11.8 Å². The van der Waals surface area contributed by atoms with Crippen LogP contribution in [0.25, 0.3) is 0 Å². The summed E-state index contributed by atoms with van der Waals surface area (Å²) in [5.74, 6) is 3.62. The molecular formula is C14H20ClN3OS. The fourth-order valence-corrected chi connectivity index (χ4v) is 3.07. The Labute approximate surface area is 129 Å². The third kappa shape index (κ3) is 4.21. The van der Waals surface area contributed by atoms with Crippen LogP contribution in [0.3, 0.4) is 0 Å². The highest BCUT2D eigenvalue weighted by atomic mass is 35.5. The first-order valence-electron chi connectivity index (χ1n) is 6.74. The molecule has 1 fully saturated rings. The molecule has 2 N–H and O–H groups in total. The van der Waals surface area contributed by atoms with Crippen molar-refractivity contribution < 1.29 is 4.74 Å². The Kier molecular flexibility index (Phi) is 5.86. The Bertz CT molecular complexity index is 475. The molecule has 1 heterocycles. The zero-order valence-electron chi connectivity index (χ0n) is 11.6. The lowest BCUT2D eigenvalue weighted by Crippen LogP contribution is -2.42. The van der Waals surface area contributed by atoms with E-state index in [1.807, 2.05) is 36.9 Å². The van der Waals surface area contributed by atoms with Crippen LogP contribution < -0.4 is 10.5 Å². The number of benzene rings is 1. The molecule has 1 aromatic carbocycles. The van der Waals surface area contributed by atoms with Crippen molar-refractivity contribution >= 4 is 29.3 Å².